The largest absolute Gasteiger partial charge is 0.316 e. The monoisotopic (exact) mass is 272 g/mol. The molecule has 0 aromatic heterocycles. The van der Waals surface area contributed by atoms with Gasteiger partial charge in [-0.1, -0.05) is 12.1 Å². The van der Waals surface area contributed by atoms with E-state index >= 15 is 0 Å². The highest BCUT2D eigenvalue weighted by Crippen LogP contribution is 2.29. The van der Waals surface area contributed by atoms with Crippen molar-refractivity contribution in [1.82, 2.24) is 5.32 Å². The van der Waals surface area contributed by atoms with E-state index in [0.29, 0.717) is 0 Å². The molecule has 3 nitrogen and oxygen atoms in total. The fourth-order valence-corrected chi connectivity index (χ4v) is 3.51. The number of carbonyl (C=O) groups excluding carboxylic acids is 1. The van der Waals surface area contributed by atoms with Crippen molar-refractivity contribution in [1.29, 1.82) is 0 Å². The average Bonchev–Trinajstić information content (AvgIpc) is 2.47. The molecule has 3 rings (SSSR count). The van der Waals surface area contributed by atoms with E-state index in [4.69, 9.17) is 0 Å². The molecule has 0 spiro atoms. The molecule has 1 saturated heterocycles. The standard InChI is InChI=1S/C17H24N2O/c1-13(20)19-9-3-5-16-7-6-14(11-17(16)19)10-15-4-2-8-18-12-15/h6-7,11,15,18H,2-5,8-10,12H2,1H3. The Hall–Kier alpha value is -1.35. The molecule has 3 heteroatoms. The number of benzene rings is 1. The van der Waals surface area contributed by atoms with Crippen LogP contribution < -0.4 is 10.2 Å². The van der Waals surface area contributed by atoms with E-state index in [0.717, 1.165) is 44.0 Å². The summed E-state index contributed by atoms with van der Waals surface area (Å²) in [6.07, 6.45) is 5.92. The SMILES string of the molecule is CC(=O)N1CCCc2ccc(CC3CCCNC3)cc21. The maximum atomic E-state index is 11.8. The summed E-state index contributed by atoms with van der Waals surface area (Å²) in [5.41, 5.74) is 3.87. The molecule has 1 atom stereocenters. The summed E-state index contributed by atoms with van der Waals surface area (Å²) in [6, 6.07) is 6.75. The number of nitrogens with zero attached hydrogens (tertiary/aromatic N) is 1. The molecule has 1 aromatic carbocycles. The van der Waals surface area contributed by atoms with Crippen molar-refractivity contribution < 1.29 is 4.79 Å². The lowest BCUT2D eigenvalue weighted by molar-refractivity contribution is -0.116. The molecule has 2 heterocycles. The van der Waals surface area contributed by atoms with Crippen molar-refractivity contribution in [3.8, 4) is 0 Å². The molecule has 0 bridgehead atoms. The van der Waals surface area contributed by atoms with Gasteiger partial charge < -0.3 is 10.2 Å². The number of rotatable bonds is 2. The highest BCUT2D eigenvalue weighted by Gasteiger charge is 2.21. The summed E-state index contributed by atoms with van der Waals surface area (Å²) in [7, 11) is 0. The lowest BCUT2D eigenvalue weighted by atomic mass is 9.90. The van der Waals surface area contributed by atoms with Gasteiger partial charge in [-0.3, -0.25) is 4.79 Å². The van der Waals surface area contributed by atoms with Crippen LogP contribution in [0.5, 0.6) is 0 Å². The molecule has 1 amide bonds. The minimum atomic E-state index is 0.169. The van der Waals surface area contributed by atoms with Crippen molar-refractivity contribution in [2.24, 2.45) is 5.92 Å². The number of hydrogen-bond donors (Lipinski definition) is 1. The number of fused-ring (bicyclic) bond motifs is 1. The van der Waals surface area contributed by atoms with Crippen LogP contribution in [0, 0.1) is 5.92 Å². The third kappa shape index (κ3) is 2.88. The molecule has 20 heavy (non-hydrogen) atoms. The Balaban J connectivity index is 1.79. The second kappa shape index (κ2) is 5.96. The molecule has 1 fully saturated rings. The first kappa shape index (κ1) is 13.6. The van der Waals surface area contributed by atoms with Crippen LogP contribution in [-0.4, -0.2) is 25.5 Å². The predicted octanol–water partition coefficient (Wildman–Crippen LogP) is 2.53. The van der Waals surface area contributed by atoms with Crippen molar-refractivity contribution in [3.05, 3.63) is 29.3 Å². The minimum Gasteiger partial charge on any atom is -0.316 e. The van der Waals surface area contributed by atoms with Gasteiger partial charge in [0.1, 0.15) is 0 Å². The van der Waals surface area contributed by atoms with Gasteiger partial charge in [-0.2, -0.15) is 0 Å². The molecule has 0 saturated carbocycles. The smallest absolute Gasteiger partial charge is 0.223 e. The van der Waals surface area contributed by atoms with Gasteiger partial charge in [-0.05, 0) is 68.3 Å². The summed E-state index contributed by atoms with van der Waals surface area (Å²) in [6.45, 7) is 4.84. The number of anilines is 1. The summed E-state index contributed by atoms with van der Waals surface area (Å²) in [4.78, 5) is 13.7. The Labute approximate surface area is 121 Å². The molecule has 0 aliphatic carbocycles. The average molecular weight is 272 g/mol. The van der Waals surface area contributed by atoms with Gasteiger partial charge in [0.25, 0.3) is 0 Å². The summed E-state index contributed by atoms with van der Waals surface area (Å²) in [5, 5.41) is 3.48. The van der Waals surface area contributed by atoms with E-state index in [1.165, 1.54) is 30.5 Å². The highest BCUT2D eigenvalue weighted by atomic mass is 16.2. The minimum absolute atomic E-state index is 0.169. The third-order valence-electron chi connectivity index (χ3n) is 4.57. The van der Waals surface area contributed by atoms with Crippen molar-refractivity contribution in [3.63, 3.8) is 0 Å². The Morgan fingerprint density at radius 1 is 1.40 bits per heavy atom. The van der Waals surface area contributed by atoms with Gasteiger partial charge in [-0.15, -0.1) is 0 Å². The quantitative estimate of drug-likeness (QED) is 0.897. The summed E-state index contributed by atoms with van der Waals surface area (Å²) < 4.78 is 0. The Morgan fingerprint density at radius 2 is 2.30 bits per heavy atom. The highest BCUT2D eigenvalue weighted by molar-refractivity contribution is 5.92. The van der Waals surface area contributed by atoms with Crippen LogP contribution in [-0.2, 0) is 17.6 Å². The molecule has 2 aliphatic rings. The second-order valence-corrected chi connectivity index (χ2v) is 6.15. The van der Waals surface area contributed by atoms with Crippen LogP contribution in [0.1, 0.15) is 37.3 Å². The number of amides is 1. The maximum absolute atomic E-state index is 11.8. The third-order valence-corrected chi connectivity index (χ3v) is 4.57. The second-order valence-electron chi connectivity index (χ2n) is 6.15. The van der Waals surface area contributed by atoms with Crippen LogP contribution in [0.25, 0.3) is 0 Å². The van der Waals surface area contributed by atoms with Gasteiger partial charge in [0.2, 0.25) is 5.91 Å². The first-order valence-corrected chi connectivity index (χ1v) is 7.84. The van der Waals surface area contributed by atoms with Crippen molar-refractivity contribution in [2.45, 2.75) is 39.0 Å². The fourth-order valence-electron chi connectivity index (χ4n) is 3.51. The normalized spacial score (nSPS) is 22.4. The maximum Gasteiger partial charge on any atom is 0.223 e. The number of aryl methyl sites for hydroxylation is 1. The van der Waals surface area contributed by atoms with Crippen molar-refractivity contribution in [2.75, 3.05) is 24.5 Å². The van der Waals surface area contributed by atoms with Gasteiger partial charge in [0, 0.05) is 19.2 Å². The fraction of sp³-hybridized carbons (Fsp3) is 0.588. The molecule has 1 N–H and O–H groups in total. The van der Waals surface area contributed by atoms with E-state index in [9.17, 15) is 4.79 Å². The van der Waals surface area contributed by atoms with Gasteiger partial charge in [0.15, 0.2) is 0 Å². The van der Waals surface area contributed by atoms with E-state index in [1.54, 1.807) is 6.92 Å². The van der Waals surface area contributed by atoms with Crippen LogP contribution in [0.4, 0.5) is 5.69 Å². The lowest BCUT2D eigenvalue weighted by Crippen LogP contribution is -2.34. The Bertz CT molecular complexity index is 492. The Kier molecular flexibility index (Phi) is 4.06. The summed E-state index contributed by atoms with van der Waals surface area (Å²) >= 11 is 0. The van der Waals surface area contributed by atoms with E-state index in [1.807, 2.05) is 4.90 Å². The number of carbonyl (C=O) groups is 1. The topological polar surface area (TPSA) is 32.3 Å². The molecule has 2 aliphatic heterocycles. The van der Waals surface area contributed by atoms with Crippen molar-refractivity contribution >= 4 is 11.6 Å². The molecular weight excluding hydrogens is 248 g/mol. The number of piperidine rings is 1. The van der Waals surface area contributed by atoms with E-state index in [2.05, 4.69) is 23.5 Å². The number of nitrogens with one attached hydrogen (secondary N) is 1. The molecule has 0 radical (unpaired) electrons. The zero-order valence-corrected chi connectivity index (χ0v) is 12.3. The number of hydrogen-bond acceptors (Lipinski definition) is 2. The van der Waals surface area contributed by atoms with Crippen LogP contribution in [0.2, 0.25) is 0 Å². The molecular formula is C17H24N2O. The zero-order valence-electron chi connectivity index (χ0n) is 12.3. The van der Waals surface area contributed by atoms with Gasteiger partial charge in [0.05, 0.1) is 0 Å². The van der Waals surface area contributed by atoms with Crippen LogP contribution >= 0.6 is 0 Å². The van der Waals surface area contributed by atoms with E-state index in [-0.39, 0.29) is 5.91 Å². The lowest BCUT2D eigenvalue weighted by Gasteiger charge is -2.30. The first-order chi connectivity index (χ1) is 9.74. The van der Waals surface area contributed by atoms with Crippen LogP contribution in [0.15, 0.2) is 18.2 Å². The molecule has 108 valence electrons. The van der Waals surface area contributed by atoms with Gasteiger partial charge in [-0.25, -0.2) is 0 Å². The molecule has 1 unspecified atom stereocenters. The van der Waals surface area contributed by atoms with E-state index < -0.39 is 0 Å². The Morgan fingerprint density at radius 3 is 3.05 bits per heavy atom. The first-order valence-electron chi connectivity index (χ1n) is 7.84. The van der Waals surface area contributed by atoms with Crippen LogP contribution in [0.3, 0.4) is 0 Å². The van der Waals surface area contributed by atoms with Gasteiger partial charge >= 0.3 is 0 Å². The molecule has 1 aromatic rings. The predicted molar refractivity (Wildman–Crippen MR) is 82.1 cm³/mol. The summed E-state index contributed by atoms with van der Waals surface area (Å²) in [5.74, 6) is 0.915. The zero-order chi connectivity index (χ0) is 13.9.